The molecular formula is C23H30F3N5O2. The van der Waals surface area contributed by atoms with E-state index in [1.165, 1.54) is 12.1 Å². The van der Waals surface area contributed by atoms with E-state index in [1.807, 2.05) is 20.8 Å². The second-order valence-corrected chi connectivity index (χ2v) is 9.45. The third kappa shape index (κ3) is 5.21. The lowest BCUT2D eigenvalue weighted by Gasteiger charge is -2.33. The zero-order chi connectivity index (χ0) is 24.5. The molecule has 3 rings (SSSR count). The van der Waals surface area contributed by atoms with Gasteiger partial charge < -0.3 is 16.0 Å². The van der Waals surface area contributed by atoms with Gasteiger partial charge in [-0.3, -0.25) is 9.59 Å². The van der Waals surface area contributed by atoms with Crippen molar-refractivity contribution in [2.45, 2.75) is 65.2 Å². The highest BCUT2D eigenvalue weighted by Gasteiger charge is 2.39. The van der Waals surface area contributed by atoms with Gasteiger partial charge in [0.15, 0.2) is 5.82 Å². The molecule has 0 saturated carbocycles. The molecule has 0 aliphatic carbocycles. The maximum absolute atomic E-state index is 14.0. The minimum atomic E-state index is -2.97. The van der Waals surface area contributed by atoms with E-state index < -0.39 is 35.9 Å². The van der Waals surface area contributed by atoms with E-state index in [-0.39, 0.29) is 23.1 Å². The van der Waals surface area contributed by atoms with Gasteiger partial charge in [0.25, 0.3) is 0 Å². The van der Waals surface area contributed by atoms with Crippen molar-refractivity contribution < 1.29 is 22.8 Å². The van der Waals surface area contributed by atoms with Crippen LogP contribution in [-0.2, 0) is 9.59 Å². The van der Waals surface area contributed by atoms with Crippen LogP contribution in [0.25, 0.3) is 11.3 Å². The van der Waals surface area contributed by atoms with Crippen LogP contribution in [0.3, 0.4) is 0 Å². The van der Waals surface area contributed by atoms with Gasteiger partial charge in [0.1, 0.15) is 11.7 Å². The number of alkyl halides is 2. The standard InChI is InChI=1S/C23H30F3N5O2/c1-13(14-7-9-15(10-8-14)18-16(24)12-28-31(18)22(25)26)29-20(32)17-6-5-11-30(17)21(33)19(27)23(2,3)4/h7-10,12-13,17,19,22H,5-6,11,27H2,1-4H3,(H,29,32). The summed E-state index contributed by atoms with van der Waals surface area (Å²) in [5.41, 5.74) is 6.35. The first kappa shape index (κ1) is 24.8. The van der Waals surface area contributed by atoms with Gasteiger partial charge in [-0.05, 0) is 30.7 Å². The minimum Gasteiger partial charge on any atom is -0.348 e. The molecule has 2 heterocycles. The summed E-state index contributed by atoms with van der Waals surface area (Å²) in [4.78, 5) is 27.3. The van der Waals surface area contributed by atoms with E-state index in [9.17, 15) is 22.8 Å². The van der Waals surface area contributed by atoms with Crippen LogP contribution in [0.1, 0.15) is 58.7 Å². The number of amides is 2. The molecule has 1 aromatic carbocycles. The lowest BCUT2D eigenvalue weighted by atomic mass is 9.86. The van der Waals surface area contributed by atoms with Gasteiger partial charge in [0.2, 0.25) is 11.8 Å². The number of carbonyl (C=O) groups is 2. The molecule has 1 saturated heterocycles. The van der Waals surface area contributed by atoms with Gasteiger partial charge in [-0.15, -0.1) is 0 Å². The molecule has 0 spiro atoms. The molecule has 0 radical (unpaired) electrons. The van der Waals surface area contributed by atoms with E-state index in [0.717, 1.165) is 6.20 Å². The molecule has 2 amide bonds. The second kappa shape index (κ2) is 9.54. The van der Waals surface area contributed by atoms with Gasteiger partial charge in [-0.2, -0.15) is 13.9 Å². The average molecular weight is 466 g/mol. The average Bonchev–Trinajstić information content (AvgIpc) is 3.39. The quantitative estimate of drug-likeness (QED) is 0.682. The lowest BCUT2D eigenvalue weighted by molar-refractivity contribution is -0.141. The zero-order valence-electron chi connectivity index (χ0n) is 19.2. The fourth-order valence-electron chi connectivity index (χ4n) is 3.93. The first-order valence-electron chi connectivity index (χ1n) is 10.9. The Labute approximate surface area is 191 Å². The van der Waals surface area contributed by atoms with Crippen LogP contribution in [0.15, 0.2) is 30.5 Å². The highest BCUT2D eigenvalue weighted by atomic mass is 19.3. The molecule has 7 nitrogen and oxygen atoms in total. The normalized spacial score (nSPS) is 18.5. The third-order valence-electron chi connectivity index (χ3n) is 6.02. The van der Waals surface area contributed by atoms with Gasteiger partial charge in [0.05, 0.1) is 18.3 Å². The molecule has 3 unspecified atom stereocenters. The van der Waals surface area contributed by atoms with E-state index in [1.54, 1.807) is 24.0 Å². The summed E-state index contributed by atoms with van der Waals surface area (Å²) in [7, 11) is 0. The van der Waals surface area contributed by atoms with Crippen molar-refractivity contribution in [2.75, 3.05) is 6.54 Å². The first-order chi connectivity index (χ1) is 15.4. The number of likely N-dealkylation sites (tertiary alicyclic amines) is 1. The Balaban J connectivity index is 1.70. The van der Waals surface area contributed by atoms with Crippen molar-refractivity contribution in [3.05, 3.63) is 41.8 Å². The van der Waals surface area contributed by atoms with E-state index >= 15 is 0 Å². The van der Waals surface area contributed by atoms with Gasteiger partial charge in [-0.1, -0.05) is 45.0 Å². The van der Waals surface area contributed by atoms with Crippen molar-refractivity contribution in [1.29, 1.82) is 0 Å². The molecule has 3 N–H and O–H groups in total. The number of halogens is 3. The van der Waals surface area contributed by atoms with Gasteiger partial charge in [0, 0.05) is 12.1 Å². The number of benzene rings is 1. The number of carbonyl (C=O) groups excluding carboxylic acids is 2. The van der Waals surface area contributed by atoms with Crippen LogP contribution in [0.2, 0.25) is 0 Å². The van der Waals surface area contributed by atoms with Crippen LogP contribution < -0.4 is 11.1 Å². The van der Waals surface area contributed by atoms with Gasteiger partial charge in [-0.25, -0.2) is 9.07 Å². The minimum absolute atomic E-state index is 0.241. The predicted molar refractivity (Wildman–Crippen MR) is 118 cm³/mol. The smallest absolute Gasteiger partial charge is 0.333 e. The lowest BCUT2D eigenvalue weighted by Crippen LogP contribution is -2.55. The van der Waals surface area contributed by atoms with Crippen molar-refractivity contribution in [3.63, 3.8) is 0 Å². The number of aromatic nitrogens is 2. The molecule has 10 heteroatoms. The molecule has 1 aliphatic heterocycles. The number of hydrogen-bond donors (Lipinski definition) is 2. The molecule has 0 bridgehead atoms. The van der Waals surface area contributed by atoms with E-state index in [4.69, 9.17) is 5.73 Å². The van der Waals surface area contributed by atoms with Crippen LogP contribution in [0.4, 0.5) is 13.2 Å². The monoisotopic (exact) mass is 465 g/mol. The summed E-state index contributed by atoms with van der Waals surface area (Å²) in [5, 5.41) is 6.29. The van der Waals surface area contributed by atoms with Crippen molar-refractivity contribution in [1.82, 2.24) is 20.0 Å². The number of hydrogen-bond acceptors (Lipinski definition) is 4. The summed E-state index contributed by atoms with van der Waals surface area (Å²) >= 11 is 0. The number of nitrogens with zero attached hydrogens (tertiary/aromatic N) is 3. The summed E-state index contributed by atoms with van der Waals surface area (Å²) in [6, 6.07) is 4.56. The number of rotatable bonds is 6. The third-order valence-corrected chi connectivity index (χ3v) is 6.02. The SMILES string of the molecule is CC(NC(=O)C1CCCN1C(=O)C(N)C(C)(C)C)c1ccc(-c2c(F)cnn2C(F)F)cc1. The molecule has 1 fully saturated rings. The first-order valence-corrected chi connectivity index (χ1v) is 10.9. The highest BCUT2D eigenvalue weighted by Crippen LogP contribution is 2.28. The maximum Gasteiger partial charge on any atom is 0.333 e. The molecule has 33 heavy (non-hydrogen) atoms. The summed E-state index contributed by atoms with van der Waals surface area (Å²) in [6.45, 7) is 4.93. The summed E-state index contributed by atoms with van der Waals surface area (Å²) < 4.78 is 40.5. The van der Waals surface area contributed by atoms with Crippen LogP contribution in [-0.4, -0.2) is 45.1 Å². The highest BCUT2D eigenvalue weighted by molar-refractivity contribution is 5.90. The van der Waals surface area contributed by atoms with Crippen molar-refractivity contribution >= 4 is 11.8 Å². The molecule has 3 atom stereocenters. The Morgan fingerprint density at radius 2 is 1.85 bits per heavy atom. The van der Waals surface area contributed by atoms with Crippen molar-refractivity contribution in [2.24, 2.45) is 11.1 Å². The van der Waals surface area contributed by atoms with Crippen molar-refractivity contribution in [3.8, 4) is 11.3 Å². The Hall–Kier alpha value is -2.88. The maximum atomic E-state index is 14.0. The Morgan fingerprint density at radius 1 is 1.21 bits per heavy atom. The van der Waals surface area contributed by atoms with E-state index in [0.29, 0.717) is 29.6 Å². The molecule has 2 aromatic rings. The zero-order valence-corrected chi connectivity index (χ0v) is 19.2. The number of nitrogens with two attached hydrogens (primary N) is 1. The summed E-state index contributed by atoms with van der Waals surface area (Å²) in [6.07, 6.45) is 2.02. The Morgan fingerprint density at radius 3 is 2.42 bits per heavy atom. The molecule has 1 aromatic heterocycles. The molecule has 180 valence electrons. The van der Waals surface area contributed by atoms with Gasteiger partial charge >= 0.3 is 6.55 Å². The largest absolute Gasteiger partial charge is 0.348 e. The predicted octanol–water partition coefficient (Wildman–Crippen LogP) is 3.63. The Bertz CT molecular complexity index is 1000. The van der Waals surface area contributed by atoms with Crippen LogP contribution in [0.5, 0.6) is 0 Å². The molecule has 1 aliphatic rings. The fraction of sp³-hybridized carbons (Fsp3) is 0.522. The molecular weight excluding hydrogens is 435 g/mol. The summed E-state index contributed by atoms with van der Waals surface area (Å²) in [5.74, 6) is -1.36. The Kier molecular flexibility index (Phi) is 7.16. The van der Waals surface area contributed by atoms with Crippen LogP contribution in [0, 0.1) is 11.2 Å². The second-order valence-electron chi connectivity index (χ2n) is 9.45. The topological polar surface area (TPSA) is 93.2 Å². The van der Waals surface area contributed by atoms with Crippen LogP contribution >= 0.6 is 0 Å². The van der Waals surface area contributed by atoms with E-state index in [2.05, 4.69) is 10.4 Å². The number of nitrogens with one attached hydrogen (secondary N) is 1. The fourth-order valence-corrected chi connectivity index (χ4v) is 3.93.